The Bertz CT molecular complexity index is 528. The highest BCUT2D eigenvalue weighted by Gasteiger charge is 2.23. The number of hydrogen-bond donors (Lipinski definition) is 1. The van der Waals surface area contributed by atoms with Crippen LogP contribution in [0, 0.1) is 18.3 Å². The summed E-state index contributed by atoms with van der Waals surface area (Å²) < 4.78 is 2.06. The molecule has 0 aromatic carbocycles. The van der Waals surface area contributed by atoms with Crippen molar-refractivity contribution in [3.05, 3.63) is 21.0 Å². The van der Waals surface area contributed by atoms with Crippen LogP contribution >= 0.6 is 15.9 Å². The lowest BCUT2D eigenvalue weighted by atomic mass is 10.2. The van der Waals surface area contributed by atoms with Crippen LogP contribution in [-0.4, -0.2) is 15.8 Å². The van der Waals surface area contributed by atoms with Crippen molar-refractivity contribution in [1.82, 2.24) is 9.78 Å². The third kappa shape index (κ3) is 3.14. The fourth-order valence-electron chi connectivity index (χ4n) is 1.73. The standard InChI is InChI=1S/C13H16BrN3O/c1-3-4-9(2)16-11-7-15-17(8-10-5-6-10)13(18)12(11)14/h1,7,9-10,16H,4-6,8H2,2H3. The second-order valence-electron chi connectivity index (χ2n) is 4.76. The highest BCUT2D eigenvalue weighted by atomic mass is 79.9. The molecule has 1 saturated carbocycles. The molecule has 4 nitrogen and oxygen atoms in total. The van der Waals surface area contributed by atoms with Crippen LogP contribution < -0.4 is 10.9 Å². The van der Waals surface area contributed by atoms with Crippen molar-refractivity contribution in [2.75, 3.05) is 5.32 Å². The van der Waals surface area contributed by atoms with Gasteiger partial charge in [0.25, 0.3) is 5.56 Å². The summed E-state index contributed by atoms with van der Waals surface area (Å²) in [5, 5.41) is 7.38. The smallest absolute Gasteiger partial charge is 0.283 e. The van der Waals surface area contributed by atoms with Gasteiger partial charge in [0.15, 0.2) is 0 Å². The maximum Gasteiger partial charge on any atom is 0.283 e. The molecule has 0 amide bonds. The molecule has 96 valence electrons. The van der Waals surface area contributed by atoms with Gasteiger partial charge in [-0.05, 0) is 41.6 Å². The molecule has 5 heteroatoms. The molecular weight excluding hydrogens is 294 g/mol. The van der Waals surface area contributed by atoms with Gasteiger partial charge in [0.1, 0.15) is 4.47 Å². The predicted molar refractivity (Wildman–Crippen MR) is 75.5 cm³/mol. The van der Waals surface area contributed by atoms with Gasteiger partial charge in [0.2, 0.25) is 0 Å². The molecule has 1 aliphatic rings. The van der Waals surface area contributed by atoms with Crippen LogP contribution in [0.3, 0.4) is 0 Å². The van der Waals surface area contributed by atoms with Crippen LogP contribution in [0.15, 0.2) is 15.5 Å². The van der Waals surface area contributed by atoms with Gasteiger partial charge in [0.05, 0.1) is 11.9 Å². The molecule has 0 spiro atoms. The van der Waals surface area contributed by atoms with Crippen LogP contribution in [0.5, 0.6) is 0 Å². The molecule has 1 N–H and O–H groups in total. The Labute approximate surface area is 115 Å². The molecule has 18 heavy (non-hydrogen) atoms. The first kappa shape index (κ1) is 13.2. The van der Waals surface area contributed by atoms with Gasteiger partial charge < -0.3 is 5.32 Å². The summed E-state index contributed by atoms with van der Waals surface area (Å²) in [6, 6.07) is 0.117. The van der Waals surface area contributed by atoms with E-state index in [1.54, 1.807) is 6.20 Å². The maximum absolute atomic E-state index is 12.1. The summed E-state index contributed by atoms with van der Waals surface area (Å²) >= 11 is 3.33. The fraction of sp³-hybridized carbons (Fsp3) is 0.538. The summed E-state index contributed by atoms with van der Waals surface area (Å²) in [5.41, 5.74) is 0.620. The number of terminal acetylenes is 1. The summed E-state index contributed by atoms with van der Waals surface area (Å²) in [7, 11) is 0. The number of aromatic nitrogens is 2. The maximum atomic E-state index is 12.1. The minimum atomic E-state index is -0.0835. The summed E-state index contributed by atoms with van der Waals surface area (Å²) in [6.45, 7) is 2.69. The first-order chi connectivity index (χ1) is 8.61. The van der Waals surface area contributed by atoms with Crippen molar-refractivity contribution in [1.29, 1.82) is 0 Å². The molecule has 1 atom stereocenters. The molecule has 2 rings (SSSR count). The Balaban J connectivity index is 2.15. The van der Waals surface area contributed by atoms with E-state index in [4.69, 9.17) is 6.42 Å². The van der Waals surface area contributed by atoms with E-state index in [2.05, 4.69) is 32.3 Å². The van der Waals surface area contributed by atoms with Crippen molar-refractivity contribution < 1.29 is 0 Å². The Morgan fingerprint density at radius 1 is 1.72 bits per heavy atom. The minimum Gasteiger partial charge on any atom is -0.379 e. The van der Waals surface area contributed by atoms with Gasteiger partial charge in [-0.1, -0.05) is 0 Å². The Kier molecular flexibility index (Phi) is 4.07. The fourth-order valence-corrected chi connectivity index (χ4v) is 2.16. The van der Waals surface area contributed by atoms with Crippen LogP contribution in [0.4, 0.5) is 5.69 Å². The molecule has 0 bridgehead atoms. The lowest BCUT2D eigenvalue weighted by Crippen LogP contribution is -2.26. The number of anilines is 1. The van der Waals surface area contributed by atoms with Crippen LogP contribution in [-0.2, 0) is 6.54 Å². The molecular formula is C13H16BrN3O. The average Bonchev–Trinajstić information content (AvgIpc) is 3.13. The third-order valence-corrected chi connectivity index (χ3v) is 3.71. The van der Waals surface area contributed by atoms with E-state index >= 15 is 0 Å². The first-order valence-electron chi connectivity index (χ1n) is 6.07. The van der Waals surface area contributed by atoms with Crippen molar-refractivity contribution in [3.8, 4) is 12.3 Å². The van der Waals surface area contributed by atoms with E-state index in [1.807, 2.05) is 6.92 Å². The van der Waals surface area contributed by atoms with E-state index in [-0.39, 0.29) is 11.6 Å². The van der Waals surface area contributed by atoms with Crippen molar-refractivity contribution in [2.24, 2.45) is 5.92 Å². The number of nitrogens with zero attached hydrogens (tertiary/aromatic N) is 2. The molecule has 1 aliphatic carbocycles. The summed E-state index contributed by atoms with van der Waals surface area (Å²) in [5.74, 6) is 3.21. The lowest BCUT2D eigenvalue weighted by Gasteiger charge is -2.14. The molecule has 1 aromatic heterocycles. The van der Waals surface area contributed by atoms with Gasteiger partial charge in [-0.3, -0.25) is 4.79 Å². The van der Waals surface area contributed by atoms with Gasteiger partial charge in [0, 0.05) is 19.0 Å². The average molecular weight is 310 g/mol. The van der Waals surface area contributed by atoms with Gasteiger partial charge in [-0.2, -0.15) is 5.10 Å². The highest BCUT2D eigenvalue weighted by molar-refractivity contribution is 9.10. The third-order valence-electron chi connectivity index (χ3n) is 2.94. The van der Waals surface area contributed by atoms with Crippen molar-refractivity contribution >= 4 is 21.6 Å². The predicted octanol–water partition coefficient (Wildman–Crippen LogP) is 2.24. The quantitative estimate of drug-likeness (QED) is 0.849. The minimum absolute atomic E-state index is 0.0835. The van der Waals surface area contributed by atoms with Crippen LogP contribution in [0.2, 0.25) is 0 Å². The molecule has 1 unspecified atom stereocenters. The summed E-state index contributed by atoms with van der Waals surface area (Å²) in [6.07, 6.45) is 9.94. The number of halogens is 1. The lowest BCUT2D eigenvalue weighted by molar-refractivity contribution is 0.531. The second kappa shape index (κ2) is 5.57. The molecule has 0 saturated heterocycles. The van der Waals surface area contributed by atoms with E-state index in [0.29, 0.717) is 22.5 Å². The zero-order valence-corrected chi connectivity index (χ0v) is 11.9. The highest BCUT2D eigenvalue weighted by Crippen LogP contribution is 2.30. The molecule has 1 fully saturated rings. The normalized spacial score (nSPS) is 16.1. The SMILES string of the molecule is C#CCC(C)Nc1cnn(CC2CC2)c(=O)c1Br. The molecule has 0 radical (unpaired) electrons. The van der Waals surface area contributed by atoms with Gasteiger partial charge in [-0.15, -0.1) is 12.3 Å². The van der Waals surface area contributed by atoms with Crippen molar-refractivity contribution in [3.63, 3.8) is 0 Å². The van der Waals surface area contributed by atoms with E-state index < -0.39 is 0 Å². The number of nitrogens with one attached hydrogen (secondary N) is 1. The number of hydrogen-bond acceptors (Lipinski definition) is 3. The zero-order valence-electron chi connectivity index (χ0n) is 10.3. The Hall–Kier alpha value is -1.28. The Morgan fingerprint density at radius 3 is 3.06 bits per heavy atom. The molecule has 1 aromatic rings. The molecule has 0 aliphatic heterocycles. The van der Waals surface area contributed by atoms with Gasteiger partial charge >= 0.3 is 0 Å². The summed E-state index contributed by atoms with van der Waals surface area (Å²) in [4.78, 5) is 12.1. The van der Waals surface area contributed by atoms with Gasteiger partial charge in [-0.25, -0.2) is 4.68 Å². The first-order valence-corrected chi connectivity index (χ1v) is 6.86. The topological polar surface area (TPSA) is 46.9 Å². The monoisotopic (exact) mass is 309 g/mol. The van der Waals surface area contributed by atoms with E-state index in [0.717, 1.165) is 6.54 Å². The second-order valence-corrected chi connectivity index (χ2v) is 5.55. The van der Waals surface area contributed by atoms with Crippen LogP contribution in [0.1, 0.15) is 26.2 Å². The van der Waals surface area contributed by atoms with Crippen molar-refractivity contribution in [2.45, 2.75) is 38.8 Å². The zero-order chi connectivity index (χ0) is 13.1. The largest absolute Gasteiger partial charge is 0.379 e. The number of rotatable bonds is 5. The van der Waals surface area contributed by atoms with Crippen LogP contribution in [0.25, 0.3) is 0 Å². The molecule has 1 heterocycles. The van der Waals surface area contributed by atoms with E-state index in [1.165, 1.54) is 17.5 Å². The van der Waals surface area contributed by atoms with E-state index in [9.17, 15) is 4.79 Å². The Morgan fingerprint density at radius 2 is 2.44 bits per heavy atom.